The molecule has 8 heteroatoms. The van der Waals surface area contributed by atoms with E-state index in [-0.39, 0.29) is 5.91 Å². The SMILES string of the molecule is O=C(NC(S)N1CCc2c(OCCCCCOc3ccc(Cl)cc3)cccc21)c1ccc(Cl)cc1. The first-order valence-corrected chi connectivity index (χ1v) is 12.9. The van der Waals surface area contributed by atoms with Gasteiger partial charge in [-0.3, -0.25) is 4.79 Å². The van der Waals surface area contributed by atoms with E-state index in [9.17, 15) is 4.79 Å². The lowest BCUT2D eigenvalue weighted by atomic mass is 10.1. The zero-order valence-corrected chi connectivity index (χ0v) is 21.7. The molecule has 1 N–H and O–H groups in total. The summed E-state index contributed by atoms with van der Waals surface area (Å²) in [4.78, 5) is 14.7. The number of benzene rings is 3. The lowest BCUT2D eigenvalue weighted by Gasteiger charge is -2.27. The Labute approximate surface area is 221 Å². The molecule has 1 aliphatic rings. The maximum Gasteiger partial charge on any atom is 0.253 e. The molecular weight excluding hydrogens is 503 g/mol. The third kappa shape index (κ3) is 7.00. The van der Waals surface area contributed by atoms with Crippen molar-refractivity contribution in [3.63, 3.8) is 0 Å². The monoisotopic (exact) mass is 530 g/mol. The molecule has 3 aromatic rings. The summed E-state index contributed by atoms with van der Waals surface area (Å²) in [6.45, 7) is 2.07. The Balaban J connectivity index is 1.22. The van der Waals surface area contributed by atoms with Crippen LogP contribution in [-0.2, 0) is 6.42 Å². The Hall–Kier alpha value is -2.54. The maximum absolute atomic E-state index is 12.6. The number of halogens is 2. The Kier molecular flexibility index (Phi) is 9.07. The molecule has 1 atom stereocenters. The van der Waals surface area contributed by atoms with Gasteiger partial charge in [-0.1, -0.05) is 29.3 Å². The fourth-order valence-corrected chi connectivity index (χ4v) is 4.59. The second-order valence-electron chi connectivity index (χ2n) is 8.26. The largest absolute Gasteiger partial charge is 0.494 e. The number of nitrogens with one attached hydrogen (secondary N) is 1. The summed E-state index contributed by atoms with van der Waals surface area (Å²) < 4.78 is 11.8. The van der Waals surface area contributed by atoms with E-state index in [0.29, 0.717) is 28.8 Å². The van der Waals surface area contributed by atoms with Gasteiger partial charge in [-0.25, -0.2) is 0 Å². The van der Waals surface area contributed by atoms with E-state index in [1.807, 2.05) is 42.5 Å². The molecular formula is C27H28Cl2N2O3S. The van der Waals surface area contributed by atoms with Crippen molar-refractivity contribution in [1.82, 2.24) is 5.32 Å². The molecule has 0 saturated carbocycles. The molecule has 0 saturated heterocycles. The molecule has 1 amide bonds. The number of rotatable bonds is 11. The second kappa shape index (κ2) is 12.4. The Morgan fingerprint density at radius 3 is 2.29 bits per heavy atom. The molecule has 1 heterocycles. The van der Waals surface area contributed by atoms with E-state index in [2.05, 4.69) is 22.8 Å². The highest BCUT2D eigenvalue weighted by Crippen LogP contribution is 2.36. The predicted molar refractivity (Wildman–Crippen MR) is 145 cm³/mol. The quantitative estimate of drug-likeness (QED) is 0.166. The minimum atomic E-state index is -0.449. The summed E-state index contributed by atoms with van der Waals surface area (Å²) in [6, 6.07) is 20.2. The van der Waals surface area contributed by atoms with Crippen molar-refractivity contribution < 1.29 is 14.3 Å². The molecule has 35 heavy (non-hydrogen) atoms. The van der Waals surface area contributed by atoms with Gasteiger partial charge in [0.25, 0.3) is 5.91 Å². The van der Waals surface area contributed by atoms with Crippen molar-refractivity contribution in [2.24, 2.45) is 0 Å². The van der Waals surface area contributed by atoms with Gasteiger partial charge in [0.2, 0.25) is 0 Å². The second-order valence-corrected chi connectivity index (χ2v) is 9.62. The Morgan fingerprint density at radius 2 is 1.57 bits per heavy atom. The molecule has 3 aromatic carbocycles. The number of hydrogen-bond acceptors (Lipinski definition) is 5. The first-order chi connectivity index (χ1) is 17.0. The van der Waals surface area contributed by atoms with E-state index in [4.69, 9.17) is 32.7 Å². The minimum absolute atomic E-state index is 0.192. The van der Waals surface area contributed by atoms with Crippen LogP contribution in [0.15, 0.2) is 66.7 Å². The van der Waals surface area contributed by atoms with Crippen molar-refractivity contribution >= 4 is 47.4 Å². The first-order valence-electron chi connectivity index (χ1n) is 11.7. The lowest BCUT2D eigenvalue weighted by molar-refractivity contribution is 0.0949. The van der Waals surface area contributed by atoms with Crippen LogP contribution < -0.4 is 19.7 Å². The molecule has 0 bridgehead atoms. The van der Waals surface area contributed by atoms with E-state index < -0.39 is 5.50 Å². The van der Waals surface area contributed by atoms with Gasteiger partial charge in [0.05, 0.1) is 13.2 Å². The van der Waals surface area contributed by atoms with Crippen molar-refractivity contribution in [3.05, 3.63) is 87.9 Å². The van der Waals surface area contributed by atoms with Gasteiger partial charge < -0.3 is 19.7 Å². The van der Waals surface area contributed by atoms with Gasteiger partial charge in [0, 0.05) is 33.4 Å². The van der Waals surface area contributed by atoms with E-state index in [1.165, 1.54) is 0 Å². The number of anilines is 1. The maximum atomic E-state index is 12.6. The van der Waals surface area contributed by atoms with Crippen molar-refractivity contribution in [2.45, 2.75) is 31.2 Å². The highest BCUT2D eigenvalue weighted by atomic mass is 35.5. The third-order valence-electron chi connectivity index (χ3n) is 5.81. The summed E-state index contributed by atoms with van der Waals surface area (Å²) in [5.74, 6) is 1.54. The molecule has 1 aliphatic heterocycles. The van der Waals surface area contributed by atoms with E-state index >= 15 is 0 Å². The number of hydrogen-bond donors (Lipinski definition) is 2. The summed E-state index contributed by atoms with van der Waals surface area (Å²) >= 11 is 16.5. The lowest BCUT2D eigenvalue weighted by Crippen LogP contribution is -2.44. The van der Waals surface area contributed by atoms with Crippen LogP contribution in [0.5, 0.6) is 11.5 Å². The summed E-state index contributed by atoms with van der Waals surface area (Å²) in [5, 5.41) is 4.25. The van der Waals surface area contributed by atoms with Crippen LogP contribution in [0.4, 0.5) is 5.69 Å². The van der Waals surface area contributed by atoms with Crippen molar-refractivity contribution in [1.29, 1.82) is 0 Å². The molecule has 0 spiro atoms. The smallest absolute Gasteiger partial charge is 0.253 e. The zero-order chi connectivity index (χ0) is 24.6. The average molecular weight is 532 g/mol. The number of fused-ring (bicyclic) bond motifs is 1. The van der Waals surface area contributed by atoms with Gasteiger partial charge in [0.15, 0.2) is 0 Å². The molecule has 4 rings (SSSR count). The normalized spacial score (nSPS) is 13.3. The van der Waals surface area contributed by atoms with Crippen LogP contribution in [-0.4, -0.2) is 31.2 Å². The van der Waals surface area contributed by atoms with Crippen molar-refractivity contribution in [3.8, 4) is 11.5 Å². The highest BCUT2D eigenvalue weighted by Gasteiger charge is 2.27. The molecule has 0 aromatic heterocycles. The van der Waals surface area contributed by atoms with E-state index in [0.717, 1.165) is 55.0 Å². The number of ether oxygens (including phenoxy) is 2. The number of unbranched alkanes of at least 4 members (excludes halogenated alkanes) is 2. The summed E-state index contributed by atoms with van der Waals surface area (Å²) in [5.41, 5.74) is 2.28. The zero-order valence-electron chi connectivity index (χ0n) is 19.3. The summed E-state index contributed by atoms with van der Waals surface area (Å²) in [7, 11) is 0. The van der Waals surface area contributed by atoms with Crippen LogP contribution >= 0.6 is 35.8 Å². The standard InChI is InChI=1S/C27H28Cl2N2O3S/c28-20-9-7-19(8-10-20)26(32)30-27(35)31-16-15-23-24(31)5-4-6-25(23)34-18-3-1-2-17-33-22-13-11-21(29)12-14-22/h4-14,27,35H,1-3,15-18H2,(H,30,32). The topological polar surface area (TPSA) is 50.8 Å². The van der Waals surface area contributed by atoms with Crippen LogP contribution in [0.2, 0.25) is 10.0 Å². The fraction of sp³-hybridized carbons (Fsp3) is 0.296. The first kappa shape index (κ1) is 25.5. The predicted octanol–water partition coefficient (Wildman–Crippen LogP) is 6.63. The highest BCUT2D eigenvalue weighted by molar-refractivity contribution is 7.81. The minimum Gasteiger partial charge on any atom is -0.494 e. The fourth-order valence-electron chi connectivity index (χ4n) is 3.98. The molecule has 1 unspecified atom stereocenters. The molecule has 0 radical (unpaired) electrons. The molecule has 0 fully saturated rings. The van der Waals surface area contributed by atoms with Crippen molar-refractivity contribution in [2.75, 3.05) is 24.7 Å². The van der Waals surface area contributed by atoms with Gasteiger partial charge in [0.1, 0.15) is 17.0 Å². The Bertz CT molecular complexity index is 1130. The van der Waals surface area contributed by atoms with E-state index in [1.54, 1.807) is 24.3 Å². The number of carbonyl (C=O) groups is 1. The number of amides is 1. The molecule has 5 nitrogen and oxygen atoms in total. The van der Waals surface area contributed by atoms with Crippen LogP contribution in [0, 0.1) is 0 Å². The molecule has 184 valence electrons. The van der Waals surface area contributed by atoms with Gasteiger partial charge in [-0.2, -0.15) is 0 Å². The van der Waals surface area contributed by atoms with Crippen LogP contribution in [0.25, 0.3) is 0 Å². The summed E-state index contributed by atoms with van der Waals surface area (Å²) in [6.07, 6.45) is 3.77. The average Bonchev–Trinajstić information content (AvgIpc) is 3.30. The van der Waals surface area contributed by atoms with Gasteiger partial charge >= 0.3 is 0 Å². The van der Waals surface area contributed by atoms with Gasteiger partial charge in [-0.15, -0.1) is 12.6 Å². The number of thiol groups is 1. The van der Waals surface area contributed by atoms with Crippen LogP contribution in [0.3, 0.4) is 0 Å². The number of nitrogens with zero attached hydrogens (tertiary/aromatic N) is 1. The third-order valence-corrected chi connectivity index (χ3v) is 6.72. The Morgan fingerprint density at radius 1 is 0.914 bits per heavy atom. The molecule has 0 aliphatic carbocycles. The van der Waals surface area contributed by atoms with Crippen LogP contribution in [0.1, 0.15) is 35.2 Å². The number of carbonyl (C=O) groups excluding carboxylic acids is 1. The van der Waals surface area contributed by atoms with Gasteiger partial charge in [-0.05, 0) is 86.3 Å².